The predicted octanol–water partition coefficient (Wildman–Crippen LogP) is 6.14. The zero-order valence-electron chi connectivity index (χ0n) is 21.7. The fraction of sp³-hybridized carbons (Fsp3) is 0.333. The van der Waals surface area contributed by atoms with Crippen LogP contribution in [0.4, 0.5) is 0 Å². The number of hydrogen-bond acceptors (Lipinski definition) is 4. The molecular weight excluding hydrogens is 504 g/mol. The number of nitrogens with one attached hydrogen (secondary N) is 1. The highest BCUT2D eigenvalue weighted by Crippen LogP contribution is 2.23. The summed E-state index contributed by atoms with van der Waals surface area (Å²) in [5.41, 5.74) is 2.88. The maximum atomic E-state index is 13.7. The van der Waals surface area contributed by atoms with E-state index < -0.39 is 6.04 Å². The number of thioether (sulfide) groups is 1. The first-order chi connectivity index (χ1) is 17.9. The molecule has 0 heterocycles. The van der Waals surface area contributed by atoms with E-state index in [1.165, 1.54) is 11.8 Å². The van der Waals surface area contributed by atoms with Gasteiger partial charge in [-0.05, 0) is 48.2 Å². The minimum absolute atomic E-state index is 0.00847. The van der Waals surface area contributed by atoms with Crippen molar-refractivity contribution in [3.8, 4) is 5.75 Å². The second kappa shape index (κ2) is 14.7. The largest absolute Gasteiger partial charge is 0.497 e. The molecule has 0 aliphatic carbocycles. The Bertz CT molecular complexity index is 1160. The molecule has 2 atom stereocenters. The minimum atomic E-state index is -0.656. The summed E-state index contributed by atoms with van der Waals surface area (Å²) in [5.74, 6) is 1.31. The van der Waals surface area contributed by atoms with Crippen LogP contribution in [-0.2, 0) is 28.3 Å². The second-order valence-corrected chi connectivity index (χ2v) is 10.4. The van der Waals surface area contributed by atoms with Gasteiger partial charge in [-0.15, -0.1) is 11.8 Å². The van der Waals surface area contributed by atoms with Gasteiger partial charge in [0.25, 0.3) is 0 Å². The lowest BCUT2D eigenvalue weighted by Gasteiger charge is -2.32. The number of amides is 2. The molecule has 3 aromatic rings. The first kappa shape index (κ1) is 28.6. The van der Waals surface area contributed by atoms with Crippen molar-refractivity contribution in [2.24, 2.45) is 0 Å². The molecule has 2 amide bonds. The van der Waals surface area contributed by atoms with Crippen molar-refractivity contribution < 1.29 is 14.3 Å². The Kier molecular flexibility index (Phi) is 11.4. The van der Waals surface area contributed by atoms with Gasteiger partial charge in [0.1, 0.15) is 11.8 Å². The monoisotopic (exact) mass is 538 g/mol. The van der Waals surface area contributed by atoms with Gasteiger partial charge in [0, 0.05) is 29.8 Å². The highest BCUT2D eigenvalue weighted by atomic mass is 35.5. The average Bonchev–Trinajstić information content (AvgIpc) is 2.92. The third-order valence-corrected chi connectivity index (χ3v) is 7.54. The first-order valence-electron chi connectivity index (χ1n) is 12.5. The number of carbonyl (C=O) groups is 2. The zero-order chi connectivity index (χ0) is 26.6. The molecular formula is C30H35ClN2O3S. The summed E-state index contributed by atoms with van der Waals surface area (Å²) in [5, 5.41) is 3.79. The Labute approximate surface area is 229 Å². The van der Waals surface area contributed by atoms with E-state index in [1.54, 1.807) is 12.0 Å². The molecule has 0 unspecified atom stereocenters. The average molecular weight is 539 g/mol. The van der Waals surface area contributed by atoms with E-state index in [-0.39, 0.29) is 23.6 Å². The molecule has 0 saturated carbocycles. The Morgan fingerprint density at radius 1 is 1.00 bits per heavy atom. The van der Waals surface area contributed by atoms with Crippen LogP contribution in [0.15, 0.2) is 78.9 Å². The van der Waals surface area contributed by atoms with E-state index in [1.807, 2.05) is 92.7 Å². The van der Waals surface area contributed by atoms with Crippen LogP contribution in [-0.4, -0.2) is 41.7 Å². The molecule has 0 saturated heterocycles. The van der Waals surface area contributed by atoms with Crippen LogP contribution in [0, 0.1) is 0 Å². The lowest BCUT2D eigenvalue weighted by molar-refractivity contribution is -0.139. The fourth-order valence-corrected chi connectivity index (χ4v) is 5.11. The van der Waals surface area contributed by atoms with Crippen LogP contribution in [0.3, 0.4) is 0 Å². The molecule has 7 heteroatoms. The standard InChI is InChI=1S/C30H35ClN2O3S/c1-4-22(2)32-30(35)28(18-23-11-6-5-7-12-23)33(19-24-13-10-15-26(17-24)36-3)29(34)21-37-20-25-14-8-9-16-27(25)31/h5-17,22,28H,4,18-21H2,1-3H3,(H,32,35)/t22-,28+/m1/s1. The zero-order valence-corrected chi connectivity index (χ0v) is 23.2. The molecule has 3 aromatic carbocycles. The van der Waals surface area contributed by atoms with Gasteiger partial charge in [-0.2, -0.15) is 0 Å². The fourth-order valence-electron chi connectivity index (χ4n) is 3.91. The molecule has 5 nitrogen and oxygen atoms in total. The van der Waals surface area contributed by atoms with Crippen molar-refractivity contribution >= 4 is 35.2 Å². The Morgan fingerprint density at radius 2 is 1.70 bits per heavy atom. The molecule has 37 heavy (non-hydrogen) atoms. The predicted molar refractivity (Wildman–Crippen MR) is 153 cm³/mol. The van der Waals surface area contributed by atoms with E-state index in [0.29, 0.717) is 29.5 Å². The number of halogens is 1. The Morgan fingerprint density at radius 3 is 2.41 bits per heavy atom. The van der Waals surface area contributed by atoms with Gasteiger partial charge < -0.3 is 15.0 Å². The van der Waals surface area contributed by atoms with E-state index >= 15 is 0 Å². The summed E-state index contributed by atoms with van der Waals surface area (Å²) in [4.78, 5) is 29.0. The van der Waals surface area contributed by atoms with Crippen molar-refractivity contribution in [1.29, 1.82) is 0 Å². The molecule has 0 aliphatic rings. The van der Waals surface area contributed by atoms with Gasteiger partial charge in [-0.1, -0.05) is 79.2 Å². The van der Waals surface area contributed by atoms with E-state index in [4.69, 9.17) is 16.3 Å². The molecule has 0 spiro atoms. The van der Waals surface area contributed by atoms with Crippen LogP contribution in [0.1, 0.15) is 37.0 Å². The summed E-state index contributed by atoms with van der Waals surface area (Å²) in [6.45, 7) is 4.31. The Hall–Kier alpha value is -2.96. The van der Waals surface area contributed by atoms with Crippen molar-refractivity contribution in [2.75, 3.05) is 12.9 Å². The van der Waals surface area contributed by atoms with E-state index in [2.05, 4.69) is 5.32 Å². The topological polar surface area (TPSA) is 58.6 Å². The van der Waals surface area contributed by atoms with Gasteiger partial charge in [-0.3, -0.25) is 9.59 Å². The number of ether oxygens (including phenoxy) is 1. The van der Waals surface area contributed by atoms with E-state index in [9.17, 15) is 9.59 Å². The number of rotatable bonds is 13. The summed E-state index contributed by atoms with van der Waals surface area (Å²) >= 11 is 7.81. The summed E-state index contributed by atoms with van der Waals surface area (Å²) < 4.78 is 5.39. The first-order valence-corrected chi connectivity index (χ1v) is 14.0. The molecule has 0 radical (unpaired) electrons. The maximum Gasteiger partial charge on any atom is 0.243 e. The van der Waals surface area contributed by atoms with Gasteiger partial charge in [0.15, 0.2) is 0 Å². The third kappa shape index (κ3) is 8.83. The van der Waals surface area contributed by atoms with Crippen LogP contribution in [0.5, 0.6) is 5.75 Å². The molecule has 0 aromatic heterocycles. The second-order valence-electron chi connectivity index (χ2n) is 8.98. The van der Waals surface area contributed by atoms with Crippen LogP contribution >= 0.6 is 23.4 Å². The highest BCUT2D eigenvalue weighted by Gasteiger charge is 2.31. The molecule has 0 fully saturated rings. The van der Waals surface area contributed by atoms with Crippen molar-refractivity contribution in [3.63, 3.8) is 0 Å². The smallest absolute Gasteiger partial charge is 0.243 e. The number of hydrogen-bond donors (Lipinski definition) is 1. The normalized spacial score (nSPS) is 12.4. The Balaban J connectivity index is 1.88. The summed E-state index contributed by atoms with van der Waals surface area (Å²) in [7, 11) is 1.62. The molecule has 1 N–H and O–H groups in total. The number of carbonyl (C=O) groups excluding carboxylic acids is 2. The molecule has 0 aliphatic heterocycles. The van der Waals surface area contributed by atoms with E-state index in [0.717, 1.165) is 23.1 Å². The van der Waals surface area contributed by atoms with Crippen LogP contribution in [0.2, 0.25) is 5.02 Å². The number of nitrogens with zero attached hydrogens (tertiary/aromatic N) is 1. The van der Waals surface area contributed by atoms with Crippen molar-refractivity contribution in [2.45, 2.75) is 51.1 Å². The molecule has 196 valence electrons. The quantitative estimate of drug-likeness (QED) is 0.284. The van der Waals surface area contributed by atoms with Gasteiger partial charge >= 0.3 is 0 Å². The maximum absolute atomic E-state index is 13.7. The van der Waals surface area contributed by atoms with Crippen molar-refractivity contribution in [1.82, 2.24) is 10.2 Å². The number of methoxy groups -OCH3 is 1. The summed E-state index contributed by atoms with van der Waals surface area (Å²) in [6, 6.07) is 24.4. The number of benzene rings is 3. The lowest BCUT2D eigenvalue weighted by Crippen LogP contribution is -2.52. The van der Waals surface area contributed by atoms with Gasteiger partial charge in [0.2, 0.25) is 11.8 Å². The lowest BCUT2D eigenvalue weighted by atomic mass is 10.0. The van der Waals surface area contributed by atoms with Gasteiger partial charge in [0.05, 0.1) is 12.9 Å². The van der Waals surface area contributed by atoms with Crippen LogP contribution < -0.4 is 10.1 Å². The molecule has 0 bridgehead atoms. The third-order valence-electron chi connectivity index (χ3n) is 6.20. The SMILES string of the molecule is CC[C@@H](C)NC(=O)[C@H](Cc1ccccc1)N(Cc1cccc(OC)c1)C(=O)CSCc1ccccc1Cl. The minimum Gasteiger partial charge on any atom is -0.497 e. The van der Waals surface area contributed by atoms with Crippen LogP contribution in [0.25, 0.3) is 0 Å². The molecule has 3 rings (SSSR count). The van der Waals surface area contributed by atoms with Gasteiger partial charge in [-0.25, -0.2) is 0 Å². The summed E-state index contributed by atoms with van der Waals surface area (Å²) in [6.07, 6.45) is 1.23. The van der Waals surface area contributed by atoms with Crippen molar-refractivity contribution in [3.05, 3.63) is 101 Å². The highest BCUT2D eigenvalue weighted by molar-refractivity contribution is 7.99.